The molecule has 0 aliphatic carbocycles. The van der Waals surface area contributed by atoms with Crippen molar-refractivity contribution < 1.29 is 15.0 Å². The normalized spacial score (nSPS) is 16.1. The van der Waals surface area contributed by atoms with Crippen molar-refractivity contribution in [2.24, 2.45) is 4.99 Å². The Morgan fingerprint density at radius 2 is 1.77 bits per heavy atom. The average Bonchev–Trinajstić information content (AvgIpc) is 2.85. The topological polar surface area (TPSA) is 69.9 Å². The van der Waals surface area contributed by atoms with E-state index in [4.69, 9.17) is 0 Å². The SMILES string of the molecule is Cc1ccc(C2=NC(=O)/C(=C\c3ccc(O)c(O)c3)S2)cc1. The van der Waals surface area contributed by atoms with Crippen LogP contribution in [-0.4, -0.2) is 21.2 Å². The maximum atomic E-state index is 12.0. The summed E-state index contributed by atoms with van der Waals surface area (Å²) in [6.07, 6.45) is 1.65. The molecule has 0 unspecified atom stereocenters. The lowest BCUT2D eigenvalue weighted by Crippen LogP contribution is -1.90. The zero-order chi connectivity index (χ0) is 15.7. The molecule has 1 heterocycles. The van der Waals surface area contributed by atoms with Gasteiger partial charge in [-0.25, -0.2) is 4.99 Å². The van der Waals surface area contributed by atoms with Crippen LogP contribution in [0.3, 0.4) is 0 Å². The summed E-state index contributed by atoms with van der Waals surface area (Å²) >= 11 is 1.30. The number of carbonyl (C=O) groups is 1. The number of amides is 1. The third-order valence-corrected chi connectivity index (χ3v) is 4.25. The second-order valence-corrected chi connectivity index (χ2v) is 5.98. The van der Waals surface area contributed by atoms with Gasteiger partial charge in [0.2, 0.25) is 0 Å². The lowest BCUT2D eigenvalue weighted by molar-refractivity contribution is -0.113. The van der Waals surface area contributed by atoms with Crippen molar-refractivity contribution in [1.29, 1.82) is 0 Å². The molecule has 0 saturated heterocycles. The fraction of sp³-hybridized carbons (Fsp3) is 0.0588. The molecule has 2 aromatic rings. The number of phenolic OH excluding ortho intramolecular Hbond substituents is 2. The fourth-order valence-corrected chi connectivity index (χ4v) is 2.93. The monoisotopic (exact) mass is 311 g/mol. The summed E-state index contributed by atoms with van der Waals surface area (Å²) < 4.78 is 0. The van der Waals surface area contributed by atoms with Crippen LogP contribution in [0, 0.1) is 6.92 Å². The van der Waals surface area contributed by atoms with Gasteiger partial charge in [0.05, 0.1) is 4.91 Å². The van der Waals surface area contributed by atoms with Crippen LogP contribution >= 0.6 is 11.8 Å². The molecule has 22 heavy (non-hydrogen) atoms. The second kappa shape index (κ2) is 5.69. The predicted molar refractivity (Wildman–Crippen MR) is 88.1 cm³/mol. The molecular formula is C17H13NO3S. The third kappa shape index (κ3) is 2.89. The molecular weight excluding hydrogens is 298 g/mol. The summed E-state index contributed by atoms with van der Waals surface area (Å²) in [7, 11) is 0. The van der Waals surface area contributed by atoms with Crippen molar-refractivity contribution >= 4 is 28.8 Å². The van der Waals surface area contributed by atoms with E-state index in [1.165, 1.54) is 23.9 Å². The average molecular weight is 311 g/mol. The number of hydrogen-bond acceptors (Lipinski definition) is 4. The van der Waals surface area contributed by atoms with Crippen LogP contribution in [-0.2, 0) is 4.79 Å². The Hall–Kier alpha value is -2.53. The molecule has 0 aromatic heterocycles. The summed E-state index contributed by atoms with van der Waals surface area (Å²) in [5.74, 6) is -0.707. The molecule has 0 radical (unpaired) electrons. The molecule has 0 atom stereocenters. The molecule has 110 valence electrons. The van der Waals surface area contributed by atoms with Gasteiger partial charge in [-0.05, 0) is 30.7 Å². The molecule has 3 rings (SSSR count). The van der Waals surface area contributed by atoms with Crippen LogP contribution in [0.15, 0.2) is 52.4 Å². The van der Waals surface area contributed by atoms with Crippen molar-refractivity contribution in [3.8, 4) is 11.5 Å². The minimum Gasteiger partial charge on any atom is -0.504 e. The summed E-state index contributed by atoms with van der Waals surface area (Å²) in [4.78, 5) is 16.5. The first kappa shape index (κ1) is 14.4. The number of aryl methyl sites for hydroxylation is 1. The number of phenols is 2. The lowest BCUT2D eigenvalue weighted by Gasteiger charge is -2.01. The Balaban J connectivity index is 1.86. The van der Waals surface area contributed by atoms with Crippen molar-refractivity contribution in [3.63, 3.8) is 0 Å². The van der Waals surface area contributed by atoms with Crippen LogP contribution in [0.5, 0.6) is 11.5 Å². The molecule has 0 saturated carbocycles. The second-order valence-electron chi connectivity index (χ2n) is 4.95. The highest BCUT2D eigenvalue weighted by atomic mass is 32.2. The van der Waals surface area contributed by atoms with E-state index >= 15 is 0 Å². The zero-order valence-electron chi connectivity index (χ0n) is 11.8. The molecule has 2 N–H and O–H groups in total. The van der Waals surface area contributed by atoms with Gasteiger partial charge >= 0.3 is 0 Å². The van der Waals surface area contributed by atoms with Gasteiger partial charge < -0.3 is 10.2 Å². The number of nitrogens with zero attached hydrogens (tertiary/aromatic N) is 1. The number of aliphatic imine (C=N–C) groups is 1. The van der Waals surface area contributed by atoms with E-state index in [0.717, 1.165) is 11.1 Å². The van der Waals surface area contributed by atoms with Crippen molar-refractivity contribution in [1.82, 2.24) is 0 Å². The smallest absolute Gasteiger partial charge is 0.284 e. The first-order chi connectivity index (χ1) is 10.5. The van der Waals surface area contributed by atoms with E-state index in [2.05, 4.69) is 4.99 Å². The first-order valence-corrected chi connectivity index (χ1v) is 7.46. The summed E-state index contributed by atoms with van der Waals surface area (Å²) in [6.45, 7) is 2.00. The minimum absolute atomic E-state index is 0.191. The molecule has 1 aliphatic rings. The Morgan fingerprint density at radius 1 is 1.05 bits per heavy atom. The Morgan fingerprint density at radius 3 is 2.45 bits per heavy atom. The quantitative estimate of drug-likeness (QED) is 0.658. The first-order valence-electron chi connectivity index (χ1n) is 6.64. The molecule has 1 amide bonds. The third-order valence-electron chi connectivity index (χ3n) is 3.22. The van der Waals surface area contributed by atoms with E-state index in [0.29, 0.717) is 15.5 Å². The number of carbonyl (C=O) groups excluding carboxylic acids is 1. The van der Waals surface area contributed by atoms with E-state index in [9.17, 15) is 15.0 Å². The number of hydrogen-bond donors (Lipinski definition) is 2. The molecule has 4 nitrogen and oxygen atoms in total. The highest BCUT2D eigenvalue weighted by Crippen LogP contribution is 2.33. The highest BCUT2D eigenvalue weighted by Gasteiger charge is 2.22. The molecule has 0 spiro atoms. The summed E-state index contributed by atoms with van der Waals surface area (Å²) in [5, 5.41) is 19.5. The minimum atomic E-state index is -0.298. The van der Waals surface area contributed by atoms with Gasteiger partial charge in [-0.15, -0.1) is 0 Å². The maximum absolute atomic E-state index is 12.0. The molecule has 0 bridgehead atoms. The van der Waals surface area contributed by atoms with Gasteiger partial charge in [-0.3, -0.25) is 4.79 Å². The van der Waals surface area contributed by atoms with Gasteiger partial charge in [-0.1, -0.05) is 47.7 Å². The summed E-state index contributed by atoms with van der Waals surface area (Å²) in [6, 6.07) is 12.2. The van der Waals surface area contributed by atoms with Crippen LogP contribution in [0.2, 0.25) is 0 Å². The van der Waals surface area contributed by atoms with E-state index in [1.54, 1.807) is 12.1 Å². The predicted octanol–water partition coefficient (Wildman–Crippen LogP) is 3.47. The number of benzene rings is 2. The van der Waals surface area contributed by atoms with Crippen molar-refractivity contribution in [2.45, 2.75) is 6.92 Å². The van der Waals surface area contributed by atoms with Gasteiger partial charge in [-0.2, -0.15) is 0 Å². The zero-order valence-corrected chi connectivity index (χ0v) is 12.6. The van der Waals surface area contributed by atoms with Crippen molar-refractivity contribution in [2.75, 3.05) is 0 Å². The molecule has 2 aromatic carbocycles. The van der Waals surface area contributed by atoms with Crippen LogP contribution in [0.1, 0.15) is 16.7 Å². The van der Waals surface area contributed by atoms with E-state index in [1.807, 2.05) is 31.2 Å². The summed E-state index contributed by atoms with van der Waals surface area (Å²) in [5.41, 5.74) is 2.68. The Bertz CT molecular complexity index is 807. The molecule has 0 fully saturated rings. The number of thioether (sulfide) groups is 1. The lowest BCUT2D eigenvalue weighted by atomic mass is 10.2. The Kier molecular flexibility index (Phi) is 3.73. The van der Waals surface area contributed by atoms with Crippen LogP contribution in [0.4, 0.5) is 0 Å². The molecule has 1 aliphatic heterocycles. The standard InChI is InChI=1S/C17H13NO3S/c1-10-2-5-12(6-3-10)17-18-16(21)15(22-17)9-11-4-7-13(19)14(20)8-11/h2-9,19-20H,1H3/b15-9+. The maximum Gasteiger partial charge on any atom is 0.284 e. The largest absolute Gasteiger partial charge is 0.504 e. The van der Waals surface area contributed by atoms with Gasteiger partial charge in [0.25, 0.3) is 5.91 Å². The number of rotatable bonds is 2. The van der Waals surface area contributed by atoms with Crippen LogP contribution < -0.4 is 0 Å². The highest BCUT2D eigenvalue weighted by molar-refractivity contribution is 8.19. The van der Waals surface area contributed by atoms with E-state index < -0.39 is 0 Å². The van der Waals surface area contributed by atoms with Crippen molar-refractivity contribution in [3.05, 3.63) is 64.1 Å². The van der Waals surface area contributed by atoms with E-state index in [-0.39, 0.29) is 17.4 Å². The van der Waals surface area contributed by atoms with Gasteiger partial charge in [0, 0.05) is 5.56 Å². The van der Waals surface area contributed by atoms with Gasteiger partial charge in [0.1, 0.15) is 5.04 Å². The number of aromatic hydroxyl groups is 2. The fourth-order valence-electron chi connectivity index (χ4n) is 2.01. The van der Waals surface area contributed by atoms with Gasteiger partial charge in [0.15, 0.2) is 11.5 Å². The molecule has 5 heteroatoms. The van der Waals surface area contributed by atoms with Crippen LogP contribution in [0.25, 0.3) is 6.08 Å². The Labute approximate surface area is 131 Å².